The molecular weight excluding hydrogens is 253 g/mol. The summed E-state index contributed by atoms with van der Waals surface area (Å²) in [6, 6.07) is 5.88. The monoisotopic (exact) mass is 267 g/mol. The van der Waals surface area contributed by atoms with E-state index in [1.54, 1.807) is 17.0 Å². The Labute approximate surface area is 109 Å². The fourth-order valence-corrected chi connectivity index (χ4v) is 2.36. The van der Waals surface area contributed by atoms with Crippen molar-refractivity contribution in [3.8, 4) is 0 Å². The molecule has 1 saturated heterocycles. The second-order valence-corrected chi connectivity index (χ2v) is 4.71. The summed E-state index contributed by atoms with van der Waals surface area (Å²) in [5, 5.41) is 18.0. The molecule has 0 unspecified atom stereocenters. The summed E-state index contributed by atoms with van der Waals surface area (Å²) in [5.74, 6) is -4.30. The van der Waals surface area contributed by atoms with Crippen LogP contribution < -0.4 is 0 Å². The van der Waals surface area contributed by atoms with Gasteiger partial charge < -0.3 is 10.2 Å². The van der Waals surface area contributed by atoms with Crippen molar-refractivity contribution in [3.05, 3.63) is 35.6 Å². The summed E-state index contributed by atoms with van der Waals surface area (Å²) in [7, 11) is 0. The SMILES string of the molecule is O=C(O)[C@H]1CN(Cc2ccc(F)cc2)C[C@@H]1C(=O)O. The first kappa shape index (κ1) is 13.5. The van der Waals surface area contributed by atoms with Crippen molar-refractivity contribution in [1.82, 2.24) is 4.90 Å². The molecule has 0 radical (unpaired) electrons. The molecule has 0 spiro atoms. The summed E-state index contributed by atoms with van der Waals surface area (Å²) in [4.78, 5) is 23.8. The number of benzene rings is 1. The maximum atomic E-state index is 12.8. The summed E-state index contributed by atoms with van der Waals surface area (Å²) in [5.41, 5.74) is 0.830. The Morgan fingerprint density at radius 1 is 1.11 bits per heavy atom. The van der Waals surface area contributed by atoms with Crippen LogP contribution in [0.15, 0.2) is 24.3 Å². The van der Waals surface area contributed by atoms with E-state index < -0.39 is 23.8 Å². The predicted molar refractivity (Wildman–Crippen MR) is 63.9 cm³/mol. The van der Waals surface area contributed by atoms with Crippen LogP contribution in [0.2, 0.25) is 0 Å². The molecule has 1 aromatic carbocycles. The number of nitrogens with zero attached hydrogens (tertiary/aromatic N) is 1. The molecule has 1 aromatic rings. The van der Waals surface area contributed by atoms with E-state index in [0.29, 0.717) is 6.54 Å². The molecule has 5 nitrogen and oxygen atoms in total. The number of likely N-dealkylation sites (tertiary alicyclic amines) is 1. The molecule has 2 rings (SSSR count). The van der Waals surface area contributed by atoms with Crippen molar-refractivity contribution in [2.45, 2.75) is 6.54 Å². The second kappa shape index (κ2) is 5.36. The first-order chi connectivity index (χ1) is 8.97. The Bertz CT molecular complexity index is 466. The van der Waals surface area contributed by atoms with Gasteiger partial charge in [-0.1, -0.05) is 12.1 Å². The first-order valence-electron chi connectivity index (χ1n) is 5.90. The van der Waals surface area contributed by atoms with E-state index in [1.807, 2.05) is 0 Å². The second-order valence-electron chi connectivity index (χ2n) is 4.71. The van der Waals surface area contributed by atoms with Crippen molar-refractivity contribution in [2.75, 3.05) is 13.1 Å². The van der Waals surface area contributed by atoms with Gasteiger partial charge in [0.05, 0.1) is 11.8 Å². The Kier molecular flexibility index (Phi) is 3.80. The van der Waals surface area contributed by atoms with Crippen LogP contribution in [0.3, 0.4) is 0 Å². The lowest BCUT2D eigenvalue weighted by atomic mass is 9.97. The van der Waals surface area contributed by atoms with Gasteiger partial charge in [0.15, 0.2) is 0 Å². The van der Waals surface area contributed by atoms with Crippen LogP contribution >= 0.6 is 0 Å². The largest absolute Gasteiger partial charge is 0.481 e. The molecule has 0 bridgehead atoms. The Morgan fingerprint density at radius 2 is 1.58 bits per heavy atom. The van der Waals surface area contributed by atoms with Crippen LogP contribution in [0.5, 0.6) is 0 Å². The third kappa shape index (κ3) is 3.08. The molecule has 1 fully saturated rings. The predicted octanol–water partition coefficient (Wildman–Crippen LogP) is 1.04. The van der Waals surface area contributed by atoms with Gasteiger partial charge in [-0.3, -0.25) is 14.5 Å². The number of carboxylic acid groups (broad SMARTS) is 2. The maximum Gasteiger partial charge on any atom is 0.308 e. The van der Waals surface area contributed by atoms with Gasteiger partial charge in [0, 0.05) is 19.6 Å². The molecule has 0 aromatic heterocycles. The summed E-state index contributed by atoms with van der Waals surface area (Å²) in [6.07, 6.45) is 0. The first-order valence-corrected chi connectivity index (χ1v) is 5.90. The van der Waals surface area contributed by atoms with E-state index in [0.717, 1.165) is 5.56 Å². The molecule has 1 aliphatic rings. The smallest absolute Gasteiger partial charge is 0.308 e. The minimum absolute atomic E-state index is 0.198. The number of hydrogen-bond donors (Lipinski definition) is 2. The summed E-state index contributed by atoms with van der Waals surface area (Å²) >= 11 is 0. The fourth-order valence-electron chi connectivity index (χ4n) is 2.36. The lowest BCUT2D eigenvalue weighted by molar-refractivity contribution is -0.151. The van der Waals surface area contributed by atoms with Gasteiger partial charge in [-0.15, -0.1) is 0 Å². The highest BCUT2D eigenvalue weighted by Crippen LogP contribution is 2.25. The van der Waals surface area contributed by atoms with Gasteiger partial charge in [0.1, 0.15) is 5.82 Å². The van der Waals surface area contributed by atoms with Crippen LogP contribution in [0.4, 0.5) is 4.39 Å². The Hall–Kier alpha value is -1.95. The number of hydrogen-bond acceptors (Lipinski definition) is 3. The van der Waals surface area contributed by atoms with Gasteiger partial charge in [0.25, 0.3) is 0 Å². The molecule has 2 atom stereocenters. The molecule has 0 amide bonds. The molecule has 1 aliphatic heterocycles. The number of carboxylic acids is 2. The molecule has 2 N–H and O–H groups in total. The highest BCUT2D eigenvalue weighted by molar-refractivity contribution is 5.81. The highest BCUT2D eigenvalue weighted by Gasteiger charge is 2.41. The molecule has 102 valence electrons. The number of rotatable bonds is 4. The van der Waals surface area contributed by atoms with E-state index in [9.17, 15) is 14.0 Å². The van der Waals surface area contributed by atoms with E-state index >= 15 is 0 Å². The highest BCUT2D eigenvalue weighted by atomic mass is 19.1. The zero-order valence-corrected chi connectivity index (χ0v) is 10.1. The van der Waals surface area contributed by atoms with Crippen LogP contribution in [-0.4, -0.2) is 40.1 Å². The lowest BCUT2D eigenvalue weighted by Gasteiger charge is -2.14. The summed E-state index contributed by atoms with van der Waals surface area (Å²) in [6.45, 7) is 0.821. The third-order valence-electron chi connectivity index (χ3n) is 3.35. The standard InChI is InChI=1S/C13H14FNO4/c14-9-3-1-8(2-4-9)5-15-6-10(12(16)17)11(7-15)13(18)19/h1-4,10-11H,5-7H2,(H,16,17)(H,18,19)/t10-,11-/m0/s1. The van der Waals surface area contributed by atoms with E-state index in [-0.39, 0.29) is 18.9 Å². The number of halogens is 1. The van der Waals surface area contributed by atoms with Gasteiger partial charge in [-0.2, -0.15) is 0 Å². The van der Waals surface area contributed by atoms with Crippen LogP contribution in [0, 0.1) is 17.7 Å². The van der Waals surface area contributed by atoms with Crippen molar-refractivity contribution in [1.29, 1.82) is 0 Å². The van der Waals surface area contributed by atoms with Crippen LogP contribution in [-0.2, 0) is 16.1 Å². The molecule has 1 heterocycles. The minimum Gasteiger partial charge on any atom is -0.481 e. The quantitative estimate of drug-likeness (QED) is 0.852. The van der Waals surface area contributed by atoms with Crippen molar-refractivity contribution >= 4 is 11.9 Å². The summed E-state index contributed by atoms with van der Waals surface area (Å²) < 4.78 is 12.8. The van der Waals surface area contributed by atoms with Crippen LogP contribution in [0.25, 0.3) is 0 Å². The molecular formula is C13H14FNO4. The van der Waals surface area contributed by atoms with E-state index in [1.165, 1.54) is 12.1 Å². The maximum absolute atomic E-state index is 12.8. The third-order valence-corrected chi connectivity index (χ3v) is 3.35. The fraction of sp³-hybridized carbons (Fsp3) is 0.385. The van der Waals surface area contributed by atoms with Crippen molar-refractivity contribution in [3.63, 3.8) is 0 Å². The van der Waals surface area contributed by atoms with E-state index in [4.69, 9.17) is 10.2 Å². The molecule has 0 aliphatic carbocycles. The van der Waals surface area contributed by atoms with Gasteiger partial charge in [0.2, 0.25) is 0 Å². The van der Waals surface area contributed by atoms with Crippen molar-refractivity contribution < 1.29 is 24.2 Å². The number of carbonyl (C=O) groups is 2. The van der Waals surface area contributed by atoms with Crippen molar-refractivity contribution in [2.24, 2.45) is 11.8 Å². The average Bonchev–Trinajstić information content (AvgIpc) is 2.76. The van der Waals surface area contributed by atoms with Gasteiger partial charge >= 0.3 is 11.9 Å². The lowest BCUT2D eigenvalue weighted by Crippen LogP contribution is -2.28. The van der Waals surface area contributed by atoms with Gasteiger partial charge in [-0.05, 0) is 17.7 Å². The van der Waals surface area contributed by atoms with E-state index in [2.05, 4.69) is 0 Å². The minimum atomic E-state index is -1.09. The van der Waals surface area contributed by atoms with Crippen LogP contribution in [0.1, 0.15) is 5.56 Å². The Morgan fingerprint density at radius 3 is 2.00 bits per heavy atom. The zero-order valence-electron chi connectivity index (χ0n) is 10.1. The zero-order chi connectivity index (χ0) is 14.0. The number of aliphatic carboxylic acids is 2. The average molecular weight is 267 g/mol. The molecule has 6 heteroatoms. The Balaban J connectivity index is 2.05. The topological polar surface area (TPSA) is 77.8 Å². The van der Waals surface area contributed by atoms with Gasteiger partial charge in [-0.25, -0.2) is 4.39 Å². The normalized spacial score (nSPS) is 23.4. The molecule has 0 saturated carbocycles. The molecule has 19 heavy (non-hydrogen) atoms.